The number of fused-ring (bicyclic) bond motifs is 1. The van der Waals surface area contributed by atoms with Crippen molar-refractivity contribution >= 4 is 28.4 Å². The molecule has 1 atom stereocenters. The Morgan fingerprint density at radius 3 is 2.60 bits per heavy atom. The number of carbonyl (C=O) groups excluding carboxylic acids is 2. The summed E-state index contributed by atoms with van der Waals surface area (Å²) in [4.78, 5) is 25.6. The zero-order valence-corrected chi connectivity index (χ0v) is 17.1. The molecule has 1 heterocycles. The maximum absolute atomic E-state index is 13.3. The number of amides is 3. The number of hydrogen-bond acceptors (Lipinski definition) is 3. The Morgan fingerprint density at radius 2 is 1.83 bits per heavy atom. The lowest BCUT2D eigenvalue weighted by Gasteiger charge is -2.30. The lowest BCUT2D eigenvalue weighted by molar-refractivity contribution is -0.113. The van der Waals surface area contributed by atoms with E-state index in [-0.39, 0.29) is 11.9 Å². The molecule has 6 heteroatoms. The minimum absolute atomic E-state index is 0.286. The zero-order valence-electron chi connectivity index (χ0n) is 17.1. The maximum atomic E-state index is 13.3. The van der Waals surface area contributed by atoms with Gasteiger partial charge in [0, 0.05) is 16.9 Å². The summed E-state index contributed by atoms with van der Waals surface area (Å²) in [6, 6.07) is 18.2. The Kier molecular flexibility index (Phi) is 5.14. The van der Waals surface area contributed by atoms with Crippen LogP contribution < -0.4 is 20.7 Å². The number of anilines is 1. The molecule has 0 fully saturated rings. The molecule has 0 aliphatic carbocycles. The highest BCUT2D eigenvalue weighted by molar-refractivity contribution is 6.07. The lowest BCUT2D eigenvalue weighted by Crippen LogP contribution is -2.46. The first-order valence-electron chi connectivity index (χ1n) is 9.70. The second kappa shape index (κ2) is 7.91. The summed E-state index contributed by atoms with van der Waals surface area (Å²) in [7, 11) is 1.58. The average molecular weight is 401 g/mol. The molecule has 1 aliphatic heterocycles. The van der Waals surface area contributed by atoms with Crippen molar-refractivity contribution in [3.05, 3.63) is 83.1 Å². The average Bonchev–Trinajstić information content (AvgIpc) is 2.72. The molecule has 152 valence electrons. The van der Waals surface area contributed by atoms with Crippen molar-refractivity contribution in [2.45, 2.75) is 19.9 Å². The molecular weight excluding hydrogens is 378 g/mol. The summed E-state index contributed by atoms with van der Waals surface area (Å²) >= 11 is 0. The van der Waals surface area contributed by atoms with E-state index in [9.17, 15) is 9.59 Å². The summed E-state index contributed by atoms with van der Waals surface area (Å²) in [5.74, 6) is 0.320. The van der Waals surface area contributed by atoms with E-state index in [1.54, 1.807) is 14.0 Å². The van der Waals surface area contributed by atoms with Crippen LogP contribution in [0.1, 0.15) is 24.1 Å². The van der Waals surface area contributed by atoms with Crippen LogP contribution in [0.2, 0.25) is 0 Å². The fourth-order valence-electron chi connectivity index (χ4n) is 3.88. The van der Waals surface area contributed by atoms with Crippen molar-refractivity contribution in [1.29, 1.82) is 0 Å². The van der Waals surface area contributed by atoms with Gasteiger partial charge in [0.15, 0.2) is 0 Å². The molecule has 0 radical (unpaired) electrons. The quantitative estimate of drug-likeness (QED) is 0.605. The minimum Gasteiger partial charge on any atom is -0.496 e. The molecule has 0 aromatic heterocycles. The Labute approximate surface area is 174 Å². The number of ether oxygens (including phenoxy) is 1. The van der Waals surface area contributed by atoms with Gasteiger partial charge < -0.3 is 20.7 Å². The lowest BCUT2D eigenvalue weighted by atomic mass is 9.90. The number of hydrogen-bond donors (Lipinski definition) is 3. The number of urea groups is 1. The SMILES string of the molecule is COc1ccc2ccccc2c1C1NC(=O)NC(C)=C1C(=O)Nc1cccc(C)c1. The molecule has 30 heavy (non-hydrogen) atoms. The normalized spacial score (nSPS) is 16.1. The molecule has 0 spiro atoms. The van der Waals surface area contributed by atoms with Crippen LogP contribution in [0.4, 0.5) is 10.5 Å². The summed E-state index contributed by atoms with van der Waals surface area (Å²) in [5.41, 5.74) is 3.43. The van der Waals surface area contributed by atoms with E-state index < -0.39 is 6.04 Å². The fraction of sp³-hybridized carbons (Fsp3) is 0.167. The number of rotatable bonds is 4. The Balaban J connectivity index is 1.84. The van der Waals surface area contributed by atoms with Crippen LogP contribution in [-0.4, -0.2) is 19.0 Å². The largest absolute Gasteiger partial charge is 0.496 e. The number of benzene rings is 3. The molecule has 6 nitrogen and oxygen atoms in total. The predicted molar refractivity (Wildman–Crippen MR) is 117 cm³/mol. The maximum Gasteiger partial charge on any atom is 0.319 e. The molecule has 3 aromatic rings. The second-order valence-corrected chi connectivity index (χ2v) is 7.30. The van der Waals surface area contributed by atoms with Gasteiger partial charge in [-0.2, -0.15) is 0 Å². The van der Waals surface area contributed by atoms with Gasteiger partial charge in [-0.25, -0.2) is 4.79 Å². The smallest absolute Gasteiger partial charge is 0.319 e. The van der Waals surface area contributed by atoms with Gasteiger partial charge in [0.2, 0.25) is 0 Å². The van der Waals surface area contributed by atoms with Gasteiger partial charge in [0.25, 0.3) is 5.91 Å². The van der Waals surface area contributed by atoms with Crippen LogP contribution in [-0.2, 0) is 4.79 Å². The number of methoxy groups -OCH3 is 1. The van der Waals surface area contributed by atoms with Crippen LogP contribution in [0.25, 0.3) is 10.8 Å². The first-order valence-corrected chi connectivity index (χ1v) is 9.70. The van der Waals surface area contributed by atoms with Crippen LogP contribution in [0.15, 0.2) is 71.9 Å². The molecule has 0 bridgehead atoms. The van der Waals surface area contributed by atoms with E-state index in [2.05, 4.69) is 16.0 Å². The van der Waals surface area contributed by atoms with E-state index in [1.165, 1.54) is 0 Å². The number of allylic oxidation sites excluding steroid dienone is 1. The Hall–Kier alpha value is -3.80. The molecular formula is C24H23N3O3. The van der Waals surface area contributed by atoms with Gasteiger partial charge in [-0.1, -0.05) is 42.5 Å². The van der Waals surface area contributed by atoms with Crippen molar-refractivity contribution in [2.24, 2.45) is 0 Å². The molecule has 1 aliphatic rings. The summed E-state index contributed by atoms with van der Waals surface area (Å²) in [6.45, 7) is 3.70. The first-order chi connectivity index (χ1) is 14.5. The first kappa shape index (κ1) is 19.5. The van der Waals surface area contributed by atoms with Gasteiger partial charge in [0.05, 0.1) is 18.7 Å². The van der Waals surface area contributed by atoms with E-state index in [4.69, 9.17) is 4.74 Å². The summed E-state index contributed by atoms with van der Waals surface area (Å²) in [5, 5.41) is 10.5. The molecule has 0 saturated heterocycles. The van der Waals surface area contributed by atoms with Crippen LogP contribution in [0.3, 0.4) is 0 Å². The highest BCUT2D eigenvalue weighted by atomic mass is 16.5. The Bertz CT molecular complexity index is 1180. The second-order valence-electron chi connectivity index (χ2n) is 7.30. The summed E-state index contributed by atoms with van der Waals surface area (Å²) in [6.07, 6.45) is 0. The molecule has 4 rings (SSSR count). The van der Waals surface area contributed by atoms with E-state index >= 15 is 0 Å². The van der Waals surface area contributed by atoms with Crippen LogP contribution >= 0.6 is 0 Å². The summed E-state index contributed by atoms with van der Waals surface area (Å²) < 4.78 is 5.61. The van der Waals surface area contributed by atoms with E-state index in [1.807, 2.05) is 67.6 Å². The Morgan fingerprint density at radius 1 is 1.03 bits per heavy atom. The highest BCUT2D eigenvalue weighted by Crippen LogP contribution is 2.38. The molecule has 0 saturated carbocycles. The van der Waals surface area contributed by atoms with E-state index in [0.717, 1.165) is 21.9 Å². The van der Waals surface area contributed by atoms with Gasteiger partial charge >= 0.3 is 6.03 Å². The zero-order chi connectivity index (χ0) is 21.3. The number of carbonyl (C=O) groups is 2. The monoisotopic (exact) mass is 401 g/mol. The van der Waals surface area contributed by atoms with Crippen molar-refractivity contribution in [1.82, 2.24) is 10.6 Å². The third kappa shape index (κ3) is 3.59. The van der Waals surface area contributed by atoms with Crippen molar-refractivity contribution in [2.75, 3.05) is 12.4 Å². The van der Waals surface area contributed by atoms with E-state index in [0.29, 0.717) is 22.7 Å². The minimum atomic E-state index is -0.662. The topological polar surface area (TPSA) is 79.5 Å². The third-order valence-electron chi connectivity index (χ3n) is 5.23. The number of nitrogens with one attached hydrogen (secondary N) is 3. The fourth-order valence-corrected chi connectivity index (χ4v) is 3.88. The standard InChI is InChI=1S/C24H23N3O3/c1-14-7-6-9-17(13-14)26-23(28)20-15(2)25-24(29)27-22(20)21-18-10-5-4-8-16(18)11-12-19(21)30-3/h4-13,22H,1-3H3,(H,26,28)(H2,25,27,29). The predicted octanol–water partition coefficient (Wildman–Crippen LogP) is 4.42. The van der Waals surface area contributed by atoms with Gasteiger partial charge in [0.1, 0.15) is 5.75 Å². The molecule has 3 N–H and O–H groups in total. The van der Waals surface area contributed by atoms with Gasteiger partial charge in [-0.15, -0.1) is 0 Å². The number of aryl methyl sites for hydroxylation is 1. The molecule has 1 unspecified atom stereocenters. The van der Waals surface area contributed by atoms with Gasteiger partial charge in [-0.3, -0.25) is 4.79 Å². The third-order valence-corrected chi connectivity index (χ3v) is 5.23. The molecule has 3 aromatic carbocycles. The van der Waals surface area contributed by atoms with Crippen molar-refractivity contribution < 1.29 is 14.3 Å². The van der Waals surface area contributed by atoms with Crippen molar-refractivity contribution in [3.63, 3.8) is 0 Å². The van der Waals surface area contributed by atoms with Crippen molar-refractivity contribution in [3.8, 4) is 5.75 Å². The van der Waals surface area contributed by atoms with Crippen LogP contribution in [0.5, 0.6) is 5.75 Å². The molecule has 3 amide bonds. The van der Waals surface area contributed by atoms with Crippen LogP contribution in [0, 0.1) is 6.92 Å². The van der Waals surface area contributed by atoms with Gasteiger partial charge in [-0.05, 0) is 48.4 Å². The highest BCUT2D eigenvalue weighted by Gasteiger charge is 2.34.